The van der Waals surface area contributed by atoms with Gasteiger partial charge in [-0.3, -0.25) is 5.32 Å². The maximum Gasteiger partial charge on any atom is 0.409 e. The molecule has 0 aliphatic heterocycles. The molecule has 0 spiro atoms. The number of anilines is 3. The van der Waals surface area contributed by atoms with Crippen LogP contribution in [0.15, 0.2) is 18.3 Å². The highest BCUT2D eigenvalue weighted by Crippen LogP contribution is 2.28. The highest BCUT2D eigenvalue weighted by Gasteiger charge is 2.14. The third-order valence-electron chi connectivity index (χ3n) is 2.27. The molecule has 0 radical (unpaired) electrons. The number of carboxylic acid groups (broad SMARTS) is 1. The normalized spacial score (nSPS) is 10.3. The van der Waals surface area contributed by atoms with Crippen molar-refractivity contribution in [2.24, 2.45) is 0 Å². The predicted molar refractivity (Wildman–Crippen MR) is 73.3 cm³/mol. The topological polar surface area (TPSA) is 87.1 Å². The molecule has 0 unspecified atom stereocenters. The fourth-order valence-corrected chi connectivity index (χ4v) is 1.69. The molecule has 0 saturated heterocycles. The van der Waals surface area contributed by atoms with Crippen LogP contribution in [0.3, 0.4) is 0 Å². The quantitative estimate of drug-likeness (QED) is 0.741. The van der Waals surface area contributed by atoms with Gasteiger partial charge >= 0.3 is 6.09 Å². The van der Waals surface area contributed by atoms with Crippen molar-refractivity contribution in [1.82, 2.24) is 9.97 Å². The van der Waals surface area contributed by atoms with Crippen molar-refractivity contribution in [1.29, 1.82) is 0 Å². The Balaban J connectivity index is 2.39. The van der Waals surface area contributed by atoms with Crippen LogP contribution in [-0.4, -0.2) is 21.2 Å². The number of aromatic nitrogens is 2. The fourth-order valence-electron chi connectivity index (χ4n) is 1.42. The van der Waals surface area contributed by atoms with Crippen LogP contribution >= 0.6 is 23.2 Å². The number of benzene rings is 1. The molecule has 0 saturated carbocycles. The molecule has 0 atom stereocenters. The summed E-state index contributed by atoms with van der Waals surface area (Å²) in [4.78, 5) is 17.9. The minimum atomic E-state index is -1.49. The van der Waals surface area contributed by atoms with Crippen LogP contribution in [0.1, 0.15) is 0 Å². The van der Waals surface area contributed by atoms with Gasteiger partial charge in [0.05, 0.1) is 17.6 Å². The van der Waals surface area contributed by atoms with Gasteiger partial charge in [-0.2, -0.15) is 4.98 Å². The molecule has 1 aromatic heterocycles. The Kier molecular flexibility index (Phi) is 4.39. The van der Waals surface area contributed by atoms with Gasteiger partial charge in [-0.05, 0) is 17.7 Å². The minimum Gasteiger partial charge on any atom is -0.465 e. The second kappa shape index (κ2) is 6.06. The molecule has 1 aromatic carbocycles. The first-order valence-electron chi connectivity index (χ1n) is 5.31. The largest absolute Gasteiger partial charge is 0.465 e. The lowest BCUT2D eigenvalue weighted by Crippen LogP contribution is -2.10. The molecule has 1 amide bonds. The molecule has 0 bridgehead atoms. The van der Waals surface area contributed by atoms with Crippen molar-refractivity contribution >= 4 is 46.5 Å². The maximum absolute atomic E-state index is 13.7. The summed E-state index contributed by atoms with van der Waals surface area (Å²) in [6, 6.07) is 1.44. The van der Waals surface area contributed by atoms with Crippen LogP contribution < -0.4 is 10.6 Å². The predicted octanol–water partition coefficient (Wildman–Crippen LogP) is 3.90. The summed E-state index contributed by atoms with van der Waals surface area (Å²) in [5.41, 5.74) is -0.667. The number of hydrogen-bond acceptors (Lipinski definition) is 4. The van der Waals surface area contributed by atoms with E-state index in [-0.39, 0.29) is 21.8 Å². The molecule has 3 N–H and O–H groups in total. The standard InChI is InChI=1S/C11H6Cl2F2N4O2/c12-4-3-16-10(13)19-9(4)17-7-2-8(18-11(20)21)6(15)1-5(7)14/h1-3,18H,(H,20,21)(H,16,17,19). The molecule has 10 heteroatoms. The summed E-state index contributed by atoms with van der Waals surface area (Å²) in [5.74, 6) is -2.04. The van der Waals surface area contributed by atoms with Gasteiger partial charge < -0.3 is 10.4 Å². The molecule has 110 valence electrons. The fraction of sp³-hybridized carbons (Fsp3) is 0. The lowest BCUT2D eigenvalue weighted by molar-refractivity contribution is 0.209. The third-order valence-corrected chi connectivity index (χ3v) is 2.72. The van der Waals surface area contributed by atoms with E-state index in [2.05, 4.69) is 15.3 Å². The van der Waals surface area contributed by atoms with Gasteiger partial charge in [-0.25, -0.2) is 18.6 Å². The van der Waals surface area contributed by atoms with Gasteiger partial charge in [0.15, 0.2) is 5.82 Å². The van der Waals surface area contributed by atoms with Crippen molar-refractivity contribution in [2.45, 2.75) is 0 Å². The average Bonchev–Trinajstić information content (AvgIpc) is 2.39. The van der Waals surface area contributed by atoms with Gasteiger partial charge in [0.1, 0.15) is 16.7 Å². The SMILES string of the molecule is O=C(O)Nc1cc(Nc2nc(Cl)ncc2Cl)c(F)cc1F. The highest BCUT2D eigenvalue weighted by atomic mass is 35.5. The van der Waals surface area contributed by atoms with E-state index in [1.54, 1.807) is 5.32 Å². The lowest BCUT2D eigenvalue weighted by atomic mass is 10.2. The summed E-state index contributed by atoms with van der Waals surface area (Å²) in [7, 11) is 0. The Labute approximate surface area is 126 Å². The number of carbonyl (C=O) groups is 1. The van der Waals surface area contributed by atoms with Gasteiger partial charge in [0.25, 0.3) is 0 Å². The zero-order chi connectivity index (χ0) is 15.6. The summed E-state index contributed by atoms with van der Waals surface area (Å²) >= 11 is 11.4. The Morgan fingerprint density at radius 1 is 1.19 bits per heavy atom. The molecule has 0 aliphatic rings. The highest BCUT2D eigenvalue weighted by molar-refractivity contribution is 6.33. The molecular weight excluding hydrogens is 329 g/mol. The molecular formula is C11H6Cl2F2N4O2. The third kappa shape index (κ3) is 3.67. The number of hydrogen-bond donors (Lipinski definition) is 3. The van der Waals surface area contributed by atoms with Gasteiger partial charge in [-0.1, -0.05) is 11.6 Å². The van der Waals surface area contributed by atoms with E-state index >= 15 is 0 Å². The summed E-state index contributed by atoms with van der Waals surface area (Å²) in [6.45, 7) is 0. The molecule has 2 rings (SSSR count). The minimum absolute atomic E-state index is 0.0107. The molecule has 2 aromatic rings. The van der Waals surface area contributed by atoms with Crippen molar-refractivity contribution in [3.05, 3.63) is 40.3 Å². The Morgan fingerprint density at radius 3 is 2.52 bits per heavy atom. The van der Waals surface area contributed by atoms with Gasteiger partial charge in [-0.15, -0.1) is 0 Å². The number of rotatable bonds is 3. The van der Waals surface area contributed by atoms with Crippen LogP contribution in [-0.2, 0) is 0 Å². The van der Waals surface area contributed by atoms with Crippen molar-refractivity contribution in [2.75, 3.05) is 10.6 Å². The van der Waals surface area contributed by atoms with E-state index in [9.17, 15) is 13.6 Å². The van der Waals surface area contributed by atoms with Crippen molar-refractivity contribution < 1.29 is 18.7 Å². The zero-order valence-corrected chi connectivity index (χ0v) is 11.5. The van der Waals surface area contributed by atoms with Crippen LogP contribution in [0, 0.1) is 11.6 Å². The first-order valence-corrected chi connectivity index (χ1v) is 6.06. The van der Waals surface area contributed by atoms with Crippen LogP contribution in [0.25, 0.3) is 0 Å². The van der Waals surface area contributed by atoms with Gasteiger partial charge in [0, 0.05) is 6.07 Å². The van der Waals surface area contributed by atoms with Gasteiger partial charge in [0.2, 0.25) is 5.28 Å². The van der Waals surface area contributed by atoms with E-state index < -0.39 is 23.4 Å². The van der Waals surface area contributed by atoms with E-state index in [1.807, 2.05) is 0 Å². The van der Waals surface area contributed by atoms with E-state index in [1.165, 1.54) is 6.20 Å². The monoisotopic (exact) mass is 334 g/mol. The lowest BCUT2D eigenvalue weighted by Gasteiger charge is -2.11. The second-order valence-electron chi connectivity index (χ2n) is 3.70. The van der Waals surface area contributed by atoms with Crippen LogP contribution in [0.2, 0.25) is 10.3 Å². The molecule has 6 nitrogen and oxygen atoms in total. The smallest absolute Gasteiger partial charge is 0.409 e. The summed E-state index contributed by atoms with van der Waals surface area (Å²) in [5, 5.41) is 12.8. The maximum atomic E-state index is 13.7. The Hall–Kier alpha value is -2.19. The summed E-state index contributed by atoms with van der Waals surface area (Å²) in [6.07, 6.45) is -0.300. The number of amides is 1. The first-order chi connectivity index (χ1) is 9.86. The number of nitrogens with zero attached hydrogens (tertiary/aromatic N) is 2. The second-order valence-corrected chi connectivity index (χ2v) is 4.45. The molecule has 1 heterocycles. The molecule has 0 aliphatic carbocycles. The Morgan fingerprint density at radius 2 is 1.86 bits per heavy atom. The zero-order valence-electron chi connectivity index (χ0n) is 9.99. The van der Waals surface area contributed by atoms with E-state index in [0.717, 1.165) is 6.07 Å². The van der Waals surface area contributed by atoms with E-state index in [0.29, 0.717) is 6.07 Å². The molecule has 0 fully saturated rings. The van der Waals surface area contributed by atoms with Crippen molar-refractivity contribution in [3.8, 4) is 0 Å². The molecule has 21 heavy (non-hydrogen) atoms. The van der Waals surface area contributed by atoms with E-state index in [4.69, 9.17) is 28.3 Å². The number of nitrogens with one attached hydrogen (secondary N) is 2. The Bertz CT molecular complexity index is 715. The first kappa shape index (κ1) is 15.2. The average molecular weight is 335 g/mol. The summed E-state index contributed by atoms with van der Waals surface area (Å²) < 4.78 is 27.1. The number of halogens is 4. The van der Waals surface area contributed by atoms with Crippen molar-refractivity contribution in [3.63, 3.8) is 0 Å². The van der Waals surface area contributed by atoms with Crippen LogP contribution in [0.5, 0.6) is 0 Å². The van der Waals surface area contributed by atoms with Crippen LogP contribution in [0.4, 0.5) is 30.8 Å².